The van der Waals surface area contributed by atoms with Crippen LogP contribution in [0.4, 0.5) is 20.2 Å². The van der Waals surface area contributed by atoms with Crippen LogP contribution in [0.1, 0.15) is 99.5 Å². The minimum Gasteiger partial charge on any atom is -0.508 e. The molecule has 10 rings (SSSR count). The number of hydrogen-bond acceptors (Lipinski definition) is 8. The maximum atomic E-state index is 16.3. The number of halogens is 2. The van der Waals surface area contributed by atoms with E-state index in [0.29, 0.717) is 11.5 Å². The molecule has 6 aromatic rings. The quantitative estimate of drug-likeness (QED) is 0.173. The molecular weight excluding hydrogens is 785 g/mol. The van der Waals surface area contributed by atoms with Crippen LogP contribution in [0.3, 0.4) is 0 Å². The first-order valence-corrected chi connectivity index (χ1v) is 22.7. The zero-order valence-corrected chi connectivity index (χ0v) is 36.2. The van der Waals surface area contributed by atoms with Gasteiger partial charge in [0.05, 0.1) is 5.71 Å². The molecule has 2 fully saturated rings. The molecule has 0 bridgehead atoms. The summed E-state index contributed by atoms with van der Waals surface area (Å²) in [4.78, 5) is 14.0. The molecule has 8 nitrogen and oxygen atoms in total. The molecule has 1 N–H and O–H groups in total. The van der Waals surface area contributed by atoms with Gasteiger partial charge in [0, 0.05) is 79.1 Å². The van der Waals surface area contributed by atoms with Gasteiger partial charge in [-0.25, -0.2) is 8.78 Å². The Morgan fingerprint density at radius 3 is 2.26 bits per heavy atom. The van der Waals surface area contributed by atoms with Gasteiger partial charge in [-0.2, -0.15) is 0 Å². The largest absolute Gasteiger partial charge is 0.508 e. The van der Waals surface area contributed by atoms with Gasteiger partial charge in [0.15, 0.2) is 5.82 Å². The fourth-order valence-electron chi connectivity index (χ4n) is 10.5. The highest BCUT2D eigenvalue weighted by molar-refractivity contribution is 7.15. The van der Waals surface area contributed by atoms with Crippen LogP contribution >= 0.6 is 11.3 Å². The lowest BCUT2D eigenvalue weighted by Crippen LogP contribution is -2.49. The zero-order chi connectivity index (χ0) is 41.9. The predicted octanol–water partition coefficient (Wildman–Crippen LogP) is 10.1. The number of benzene rings is 4. The van der Waals surface area contributed by atoms with Gasteiger partial charge >= 0.3 is 0 Å². The Labute approximate surface area is 361 Å². The molecule has 4 aromatic carbocycles. The molecular formula is C50H53F2N7OS. The van der Waals surface area contributed by atoms with E-state index in [-0.39, 0.29) is 35.3 Å². The van der Waals surface area contributed by atoms with Crippen molar-refractivity contribution < 1.29 is 13.9 Å². The average Bonchev–Trinajstić information content (AvgIpc) is 3.76. The molecule has 0 saturated carbocycles. The molecule has 5 heterocycles. The number of fused-ring (bicyclic) bond motifs is 4. The van der Waals surface area contributed by atoms with Crippen LogP contribution in [0.15, 0.2) is 89.9 Å². The molecule has 1 aliphatic carbocycles. The Morgan fingerprint density at radius 1 is 0.770 bits per heavy atom. The summed E-state index contributed by atoms with van der Waals surface area (Å²) in [6, 6.07) is 26.8. The zero-order valence-electron chi connectivity index (χ0n) is 35.4. The molecule has 3 atom stereocenters. The van der Waals surface area contributed by atoms with Crippen molar-refractivity contribution in [2.45, 2.75) is 71.3 Å². The first-order chi connectivity index (χ1) is 29.6. The molecule has 11 heteroatoms. The summed E-state index contributed by atoms with van der Waals surface area (Å²) in [5.41, 5.74) is 10.3. The lowest BCUT2D eigenvalue weighted by Gasteiger charge is -2.40. The van der Waals surface area contributed by atoms with Crippen molar-refractivity contribution in [3.05, 3.63) is 152 Å². The van der Waals surface area contributed by atoms with Crippen molar-refractivity contribution in [1.29, 1.82) is 0 Å². The number of aryl methyl sites for hydroxylation is 3. The van der Waals surface area contributed by atoms with E-state index in [4.69, 9.17) is 4.99 Å². The molecule has 0 spiro atoms. The molecule has 0 unspecified atom stereocenters. The van der Waals surface area contributed by atoms with Crippen LogP contribution in [0, 0.1) is 38.3 Å². The van der Waals surface area contributed by atoms with Crippen LogP contribution in [0.25, 0.3) is 5.00 Å². The first kappa shape index (κ1) is 39.7. The number of anilines is 2. The summed E-state index contributed by atoms with van der Waals surface area (Å²) in [7, 11) is 0. The number of nitrogens with zero attached hydrogens (tertiary/aromatic N) is 7. The highest BCUT2D eigenvalue weighted by Gasteiger charge is 2.35. The monoisotopic (exact) mass is 837 g/mol. The van der Waals surface area contributed by atoms with Gasteiger partial charge in [-0.3, -0.25) is 14.5 Å². The summed E-state index contributed by atoms with van der Waals surface area (Å²) in [6.45, 7) is 15.3. The number of aromatic hydroxyl groups is 1. The second kappa shape index (κ2) is 16.1. The summed E-state index contributed by atoms with van der Waals surface area (Å²) < 4.78 is 32.9. The van der Waals surface area contributed by atoms with Gasteiger partial charge in [0.2, 0.25) is 0 Å². The Hall–Kier alpha value is -5.39. The van der Waals surface area contributed by atoms with Crippen LogP contribution in [0.5, 0.6) is 5.75 Å². The Balaban J connectivity index is 0.760. The Bertz CT molecular complexity index is 2620. The van der Waals surface area contributed by atoms with Gasteiger partial charge in [-0.05, 0) is 142 Å². The molecule has 4 aliphatic rings. The molecule has 3 aliphatic heterocycles. The van der Waals surface area contributed by atoms with E-state index in [1.165, 1.54) is 27.8 Å². The number of phenolic OH excluding ortho intramolecular Hbond substituents is 1. The van der Waals surface area contributed by atoms with Gasteiger partial charge in [0.1, 0.15) is 34.3 Å². The third-order valence-electron chi connectivity index (χ3n) is 13.9. The van der Waals surface area contributed by atoms with Crippen LogP contribution in [-0.2, 0) is 6.42 Å². The molecule has 61 heavy (non-hydrogen) atoms. The van der Waals surface area contributed by atoms with Crippen LogP contribution in [0.2, 0.25) is 0 Å². The minimum absolute atomic E-state index is 0.0700. The third kappa shape index (κ3) is 7.43. The van der Waals surface area contributed by atoms with Gasteiger partial charge < -0.3 is 14.9 Å². The van der Waals surface area contributed by atoms with Gasteiger partial charge in [0.25, 0.3) is 0 Å². The minimum atomic E-state index is -0.280. The lowest BCUT2D eigenvalue weighted by molar-refractivity contribution is 0.201. The SMILES string of the molecule is Cc1sc2c(c1C)C(c1ccc(N3CCC(CN4CCN(c5ccc([C@H]6c7ccc(O)cc7CC[C@H]6c6cccc(F)c6)c(F)c5)CC4)CC3)cc1)=N[C@@H](C)c1nnc(C)n1-2. The van der Waals surface area contributed by atoms with Crippen molar-refractivity contribution in [1.82, 2.24) is 19.7 Å². The van der Waals surface area contributed by atoms with E-state index in [0.717, 1.165) is 122 Å². The highest BCUT2D eigenvalue weighted by Crippen LogP contribution is 2.48. The topological polar surface area (TPSA) is 73.0 Å². The normalized spacial score (nSPS) is 20.8. The third-order valence-corrected chi connectivity index (χ3v) is 15.1. The van der Waals surface area contributed by atoms with Crippen molar-refractivity contribution in [3.8, 4) is 10.8 Å². The van der Waals surface area contributed by atoms with E-state index in [9.17, 15) is 9.50 Å². The number of aromatic nitrogens is 3. The summed E-state index contributed by atoms with van der Waals surface area (Å²) in [5.74, 6) is 1.80. The number of phenols is 1. The van der Waals surface area contributed by atoms with Crippen molar-refractivity contribution in [2.24, 2.45) is 10.9 Å². The smallest absolute Gasteiger partial charge is 0.162 e. The number of piperidine rings is 1. The molecule has 2 saturated heterocycles. The first-order valence-electron chi connectivity index (χ1n) is 21.9. The fraction of sp³-hybridized carbons (Fsp3) is 0.380. The van der Waals surface area contributed by atoms with Crippen LogP contribution < -0.4 is 9.80 Å². The summed E-state index contributed by atoms with van der Waals surface area (Å²) in [6.07, 6.45) is 3.82. The van der Waals surface area contributed by atoms with Crippen molar-refractivity contribution in [2.75, 3.05) is 55.6 Å². The maximum absolute atomic E-state index is 16.3. The number of aliphatic imine (C=N–C) groups is 1. The Morgan fingerprint density at radius 2 is 1.51 bits per heavy atom. The van der Waals surface area contributed by atoms with Crippen molar-refractivity contribution in [3.63, 3.8) is 0 Å². The molecule has 314 valence electrons. The molecule has 0 amide bonds. The van der Waals surface area contributed by atoms with E-state index in [2.05, 4.69) is 80.6 Å². The predicted molar refractivity (Wildman–Crippen MR) is 241 cm³/mol. The van der Waals surface area contributed by atoms with E-state index >= 15 is 4.39 Å². The van der Waals surface area contributed by atoms with E-state index < -0.39 is 0 Å². The number of rotatable bonds is 7. The molecule has 2 aromatic heterocycles. The second-order valence-corrected chi connectivity index (χ2v) is 18.8. The van der Waals surface area contributed by atoms with Crippen LogP contribution in [-0.4, -0.2) is 76.3 Å². The van der Waals surface area contributed by atoms with E-state index in [1.54, 1.807) is 41.7 Å². The van der Waals surface area contributed by atoms with E-state index in [1.807, 2.05) is 25.1 Å². The fourth-order valence-corrected chi connectivity index (χ4v) is 11.7. The highest BCUT2D eigenvalue weighted by atomic mass is 32.1. The summed E-state index contributed by atoms with van der Waals surface area (Å²) >= 11 is 1.79. The Kier molecular flexibility index (Phi) is 10.5. The lowest BCUT2D eigenvalue weighted by atomic mass is 9.69. The maximum Gasteiger partial charge on any atom is 0.162 e. The number of piperazine rings is 1. The standard InChI is InChI=1S/C50H53F2N7OS/c1-30-32(3)61-50-46(30)48(53-31(2)49-55-54-33(4)59(49)50)35-8-11-39(12-9-35)57-20-18-34(19-21-57)29-56-22-24-58(25-23-56)40-13-16-44(45(52)28-40)47-42(36-6-5-7-38(51)26-36)15-10-37-27-41(60)14-17-43(37)47/h5-9,11-14,16-17,26-28,31,34,42,47,60H,10,15,18-25,29H2,1-4H3/t31-,42-,47+/m0/s1. The average molecular weight is 838 g/mol. The van der Waals surface area contributed by atoms with Gasteiger partial charge in [-0.1, -0.05) is 36.4 Å². The van der Waals surface area contributed by atoms with Gasteiger partial charge in [-0.15, -0.1) is 21.5 Å². The number of thiophene rings is 1. The van der Waals surface area contributed by atoms with Crippen molar-refractivity contribution >= 4 is 28.4 Å². The summed E-state index contributed by atoms with van der Waals surface area (Å²) in [5, 5.41) is 20.3. The number of hydrogen-bond donors (Lipinski definition) is 1. The molecule has 0 radical (unpaired) electrons. The second-order valence-electron chi connectivity index (χ2n) is 17.6.